The molecule has 0 radical (unpaired) electrons. The number of carbonyl (C=O) groups is 1. The number of pyridine rings is 1. The molecule has 0 unspecified atom stereocenters. The molecule has 0 aliphatic carbocycles. The van der Waals surface area contributed by atoms with E-state index in [1.807, 2.05) is 31.2 Å². The average Bonchev–Trinajstić information content (AvgIpc) is 2.85. The Balaban J connectivity index is 1.95. The number of hydrogen-bond donors (Lipinski definition) is 2. The molecular formula is C14H12N4O. The highest BCUT2D eigenvalue weighted by molar-refractivity contribution is 6.11. The van der Waals surface area contributed by atoms with Crippen molar-refractivity contribution in [3.63, 3.8) is 0 Å². The van der Waals surface area contributed by atoms with Crippen molar-refractivity contribution < 1.29 is 4.79 Å². The topological polar surface area (TPSA) is 70.7 Å². The molecule has 2 N–H and O–H groups in total. The molecule has 5 nitrogen and oxygen atoms in total. The van der Waals surface area contributed by atoms with Crippen LogP contribution in [-0.4, -0.2) is 21.1 Å². The first-order valence-electron chi connectivity index (χ1n) is 5.91. The van der Waals surface area contributed by atoms with Crippen LogP contribution >= 0.6 is 0 Å². The van der Waals surface area contributed by atoms with Gasteiger partial charge in [-0.2, -0.15) is 5.10 Å². The molecule has 2 aromatic heterocycles. The van der Waals surface area contributed by atoms with Crippen LogP contribution in [0.25, 0.3) is 10.9 Å². The van der Waals surface area contributed by atoms with Gasteiger partial charge in [0.1, 0.15) is 0 Å². The van der Waals surface area contributed by atoms with Gasteiger partial charge in [0.2, 0.25) is 0 Å². The quantitative estimate of drug-likeness (QED) is 0.736. The number of anilines is 1. The van der Waals surface area contributed by atoms with Crippen molar-refractivity contribution in [2.75, 3.05) is 5.32 Å². The number of amides is 1. The van der Waals surface area contributed by atoms with Gasteiger partial charge in [-0.15, -0.1) is 0 Å². The van der Waals surface area contributed by atoms with Crippen LogP contribution in [0, 0.1) is 6.92 Å². The van der Waals surface area contributed by atoms with E-state index in [1.165, 1.54) is 0 Å². The van der Waals surface area contributed by atoms with E-state index in [9.17, 15) is 4.79 Å². The van der Waals surface area contributed by atoms with Crippen molar-refractivity contribution in [2.24, 2.45) is 0 Å². The van der Waals surface area contributed by atoms with E-state index < -0.39 is 0 Å². The fraction of sp³-hybridized carbons (Fsp3) is 0.0714. The third-order valence-electron chi connectivity index (χ3n) is 2.95. The Morgan fingerprint density at radius 2 is 2.11 bits per heavy atom. The number of para-hydroxylation sites is 1. The summed E-state index contributed by atoms with van der Waals surface area (Å²) in [5.74, 6) is -0.230. The Bertz CT molecular complexity index is 748. The van der Waals surface area contributed by atoms with Crippen LogP contribution in [-0.2, 0) is 0 Å². The number of rotatable bonds is 2. The number of fused-ring (bicyclic) bond motifs is 1. The van der Waals surface area contributed by atoms with Crippen LogP contribution in [0.4, 0.5) is 5.69 Å². The van der Waals surface area contributed by atoms with Crippen molar-refractivity contribution in [2.45, 2.75) is 6.92 Å². The lowest BCUT2D eigenvalue weighted by atomic mass is 10.2. The second-order valence-corrected chi connectivity index (χ2v) is 4.26. The lowest BCUT2D eigenvalue weighted by Crippen LogP contribution is -2.13. The summed E-state index contributed by atoms with van der Waals surface area (Å²) < 4.78 is 0. The van der Waals surface area contributed by atoms with Gasteiger partial charge in [-0.3, -0.25) is 14.9 Å². The van der Waals surface area contributed by atoms with E-state index in [-0.39, 0.29) is 5.91 Å². The van der Waals surface area contributed by atoms with E-state index in [0.29, 0.717) is 5.69 Å². The second kappa shape index (κ2) is 4.53. The van der Waals surface area contributed by atoms with Crippen molar-refractivity contribution in [3.05, 3.63) is 54.0 Å². The average molecular weight is 252 g/mol. The molecule has 5 heteroatoms. The molecular weight excluding hydrogens is 240 g/mol. The number of nitrogens with one attached hydrogen (secondary N) is 2. The summed E-state index contributed by atoms with van der Waals surface area (Å²) in [4.78, 5) is 16.2. The third-order valence-corrected chi connectivity index (χ3v) is 2.95. The Morgan fingerprint density at radius 1 is 1.26 bits per heavy atom. The van der Waals surface area contributed by atoms with E-state index >= 15 is 0 Å². The second-order valence-electron chi connectivity index (χ2n) is 4.26. The number of nitrogens with zero attached hydrogens (tertiary/aromatic N) is 2. The number of benzene rings is 1. The first-order chi connectivity index (χ1) is 9.25. The lowest BCUT2D eigenvalue weighted by molar-refractivity contribution is 0.102. The Kier molecular flexibility index (Phi) is 2.72. The minimum atomic E-state index is -0.230. The van der Waals surface area contributed by atoms with Crippen molar-refractivity contribution in [3.8, 4) is 0 Å². The highest BCUT2D eigenvalue weighted by Gasteiger charge is 2.14. The van der Waals surface area contributed by atoms with Gasteiger partial charge in [0.15, 0.2) is 5.69 Å². The standard InChI is InChI=1S/C14H12N4O/c1-9-8-15-7-6-11(9)16-14(19)13-10-4-2-3-5-12(10)17-18-13/h2-8H,1H3,(H,17,18)(H,15,16,19). The fourth-order valence-corrected chi connectivity index (χ4v) is 1.93. The van der Waals surface area contributed by atoms with E-state index in [1.54, 1.807) is 18.5 Å². The zero-order valence-electron chi connectivity index (χ0n) is 10.3. The fourth-order valence-electron chi connectivity index (χ4n) is 1.93. The number of aryl methyl sites for hydroxylation is 1. The summed E-state index contributed by atoms with van der Waals surface area (Å²) in [5, 5.41) is 10.6. The van der Waals surface area contributed by atoms with Gasteiger partial charge in [-0.25, -0.2) is 0 Å². The van der Waals surface area contributed by atoms with Crippen LogP contribution in [0.5, 0.6) is 0 Å². The maximum Gasteiger partial charge on any atom is 0.276 e. The van der Waals surface area contributed by atoms with Crippen LogP contribution in [0.3, 0.4) is 0 Å². The summed E-state index contributed by atoms with van der Waals surface area (Å²) in [6.07, 6.45) is 3.35. The molecule has 2 heterocycles. The van der Waals surface area contributed by atoms with Gasteiger partial charge in [0.25, 0.3) is 5.91 Å². The summed E-state index contributed by atoms with van der Waals surface area (Å²) in [7, 11) is 0. The molecule has 0 atom stereocenters. The van der Waals surface area contributed by atoms with Gasteiger partial charge < -0.3 is 5.32 Å². The van der Waals surface area contributed by atoms with Crippen LogP contribution in [0.2, 0.25) is 0 Å². The highest BCUT2D eigenvalue weighted by Crippen LogP contribution is 2.18. The van der Waals surface area contributed by atoms with Gasteiger partial charge in [0.05, 0.1) is 5.52 Å². The molecule has 0 bridgehead atoms. The van der Waals surface area contributed by atoms with Crippen molar-refractivity contribution >= 4 is 22.5 Å². The summed E-state index contributed by atoms with van der Waals surface area (Å²) in [5.41, 5.74) is 2.90. The van der Waals surface area contributed by atoms with Crippen LogP contribution in [0.15, 0.2) is 42.7 Å². The van der Waals surface area contributed by atoms with Crippen molar-refractivity contribution in [1.29, 1.82) is 0 Å². The van der Waals surface area contributed by atoms with Gasteiger partial charge >= 0.3 is 0 Å². The van der Waals surface area contributed by atoms with E-state index in [2.05, 4.69) is 20.5 Å². The molecule has 1 aromatic carbocycles. The smallest absolute Gasteiger partial charge is 0.276 e. The maximum atomic E-state index is 12.2. The summed E-state index contributed by atoms with van der Waals surface area (Å²) >= 11 is 0. The monoisotopic (exact) mass is 252 g/mol. The normalized spacial score (nSPS) is 10.6. The third kappa shape index (κ3) is 2.06. The van der Waals surface area contributed by atoms with Crippen molar-refractivity contribution in [1.82, 2.24) is 15.2 Å². The number of hydrogen-bond acceptors (Lipinski definition) is 3. The minimum Gasteiger partial charge on any atom is -0.320 e. The largest absolute Gasteiger partial charge is 0.320 e. The highest BCUT2D eigenvalue weighted by atomic mass is 16.1. The molecule has 19 heavy (non-hydrogen) atoms. The SMILES string of the molecule is Cc1cnccc1NC(=O)c1n[nH]c2ccccc12. The summed E-state index contributed by atoms with van der Waals surface area (Å²) in [6.45, 7) is 1.89. The first-order valence-corrected chi connectivity index (χ1v) is 5.91. The zero-order valence-corrected chi connectivity index (χ0v) is 10.3. The van der Waals surface area contributed by atoms with Gasteiger partial charge in [0, 0.05) is 23.5 Å². The zero-order chi connectivity index (χ0) is 13.2. The molecule has 94 valence electrons. The molecule has 3 rings (SSSR count). The molecule has 0 saturated heterocycles. The maximum absolute atomic E-state index is 12.2. The van der Waals surface area contributed by atoms with Gasteiger partial charge in [-0.1, -0.05) is 18.2 Å². The van der Waals surface area contributed by atoms with Gasteiger partial charge in [-0.05, 0) is 24.6 Å². The number of carbonyl (C=O) groups excluding carboxylic acids is 1. The van der Waals surface area contributed by atoms with E-state index in [4.69, 9.17) is 0 Å². The van der Waals surface area contributed by atoms with Crippen LogP contribution in [0.1, 0.15) is 16.1 Å². The lowest BCUT2D eigenvalue weighted by Gasteiger charge is -2.05. The molecule has 0 spiro atoms. The molecule has 0 aliphatic heterocycles. The summed E-state index contributed by atoms with van der Waals surface area (Å²) in [6, 6.07) is 9.30. The Hall–Kier alpha value is -2.69. The Labute approximate surface area is 109 Å². The molecule has 0 fully saturated rings. The molecule has 0 aliphatic rings. The first kappa shape index (κ1) is 11.4. The number of aromatic amines is 1. The predicted octanol–water partition coefficient (Wildman–Crippen LogP) is 2.52. The number of aromatic nitrogens is 3. The minimum absolute atomic E-state index is 0.230. The van der Waals surface area contributed by atoms with Crippen LogP contribution < -0.4 is 5.32 Å². The molecule has 1 amide bonds. The Morgan fingerprint density at radius 3 is 2.95 bits per heavy atom. The number of H-pyrrole nitrogens is 1. The molecule has 0 saturated carbocycles. The predicted molar refractivity (Wildman–Crippen MR) is 73.0 cm³/mol. The van der Waals surface area contributed by atoms with E-state index in [0.717, 1.165) is 22.2 Å². The molecule has 3 aromatic rings.